The van der Waals surface area contributed by atoms with E-state index in [2.05, 4.69) is 4.72 Å². The molecule has 1 heterocycles. The zero-order valence-corrected chi connectivity index (χ0v) is 17.1. The zero-order chi connectivity index (χ0) is 19.8. The minimum atomic E-state index is -4.09. The maximum absolute atomic E-state index is 12.6. The Labute approximate surface area is 174 Å². The van der Waals surface area contributed by atoms with Gasteiger partial charge in [0.2, 0.25) is 0 Å². The van der Waals surface area contributed by atoms with Crippen LogP contribution in [0, 0.1) is 0 Å². The highest BCUT2D eigenvalue weighted by atomic mass is 35.5. The van der Waals surface area contributed by atoms with Crippen LogP contribution in [-0.2, 0) is 10.0 Å². The lowest BCUT2D eigenvalue weighted by atomic mass is 10.2. The molecule has 0 aliphatic rings. The Morgan fingerprint density at radius 1 is 0.926 bits per heavy atom. The number of carboxylic acids is 1. The second kappa shape index (κ2) is 7.69. The summed E-state index contributed by atoms with van der Waals surface area (Å²) in [6.45, 7) is 0. The fourth-order valence-electron chi connectivity index (χ4n) is 2.27. The molecule has 0 unspecified atom stereocenters. The van der Waals surface area contributed by atoms with E-state index in [1.165, 1.54) is 24.3 Å². The maximum atomic E-state index is 12.6. The summed E-state index contributed by atoms with van der Waals surface area (Å²) in [6.07, 6.45) is 0. The van der Waals surface area contributed by atoms with Gasteiger partial charge in [0.15, 0.2) is 0 Å². The molecule has 0 radical (unpaired) electrons. The van der Waals surface area contributed by atoms with Crippen molar-refractivity contribution in [2.24, 2.45) is 0 Å². The van der Waals surface area contributed by atoms with Gasteiger partial charge in [-0.15, -0.1) is 11.3 Å². The highest BCUT2D eigenvalue weighted by molar-refractivity contribution is 7.92. The molecule has 1 aromatic heterocycles. The molecule has 0 fully saturated rings. The molecule has 0 aliphatic carbocycles. The predicted octanol–water partition coefficient (Wildman–Crippen LogP) is 5.87. The monoisotopic (exact) mass is 461 g/mol. The van der Waals surface area contributed by atoms with Gasteiger partial charge in [0.05, 0.1) is 10.6 Å². The number of thiophene rings is 1. The number of aromatic carboxylic acids is 1. The largest absolute Gasteiger partial charge is 0.477 e. The summed E-state index contributed by atoms with van der Waals surface area (Å²) in [7, 11) is -4.09. The summed E-state index contributed by atoms with van der Waals surface area (Å²) < 4.78 is 27.6. The molecule has 2 aromatic carbocycles. The molecule has 0 amide bonds. The van der Waals surface area contributed by atoms with E-state index in [9.17, 15) is 18.3 Å². The predicted molar refractivity (Wildman–Crippen MR) is 109 cm³/mol. The average molecular weight is 463 g/mol. The minimum Gasteiger partial charge on any atom is -0.477 e. The van der Waals surface area contributed by atoms with E-state index in [1.807, 2.05) is 0 Å². The van der Waals surface area contributed by atoms with Crippen molar-refractivity contribution in [2.75, 3.05) is 4.72 Å². The number of halogens is 3. The number of benzene rings is 2. The number of sulfonamides is 1. The number of carboxylic acid groups (broad SMARTS) is 1. The summed E-state index contributed by atoms with van der Waals surface area (Å²) >= 11 is 18.5. The van der Waals surface area contributed by atoms with Crippen molar-refractivity contribution in [3.63, 3.8) is 0 Å². The van der Waals surface area contributed by atoms with E-state index in [4.69, 9.17) is 34.8 Å². The molecular weight excluding hydrogens is 453 g/mol. The smallest absolute Gasteiger partial charge is 0.348 e. The van der Waals surface area contributed by atoms with Crippen molar-refractivity contribution in [1.29, 1.82) is 0 Å². The minimum absolute atomic E-state index is 0.0476. The number of anilines is 1. The maximum Gasteiger partial charge on any atom is 0.348 e. The van der Waals surface area contributed by atoms with Crippen LogP contribution in [-0.4, -0.2) is 19.5 Å². The quantitative estimate of drug-likeness (QED) is 0.496. The van der Waals surface area contributed by atoms with Crippen LogP contribution in [0.15, 0.2) is 53.4 Å². The van der Waals surface area contributed by atoms with Crippen molar-refractivity contribution in [3.05, 3.63) is 68.5 Å². The lowest BCUT2D eigenvalue weighted by Crippen LogP contribution is -2.14. The Morgan fingerprint density at radius 2 is 1.52 bits per heavy atom. The van der Waals surface area contributed by atoms with Gasteiger partial charge in [-0.25, -0.2) is 13.2 Å². The molecule has 0 saturated carbocycles. The number of carbonyl (C=O) groups is 1. The summed E-state index contributed by atoms with van der Waals surface area (Å²) in [5.74, 6) is -1.25. The first-order chi connectivity index (χ1) is 12.7. The Morgan fingerprint density at radius 3 is 2.07 bits per heavy atom. The molecule has 0 atom stereocenters. The third-order valence-corrected chi connectivity index (χ3v) is 6.65. The number of rotatable bonds is 5. The van der Waals surface area contributed by atoms with Crippen molar-refractivity contribution in [1.82, 2.24) is 0 Å². The van der Waals surface area contributed by atoms with Crippen molar-refractivity contribution >= 4 is 67.8 Å². The van der Waals surface area contributed by atoms with E-state index >= 15 is 0 Å². The number of hydrogen-bond acceptors (Lipinski definition) is 4. The van der Waals surface area contributed by atoms with Crippen molar-refractivity contribution in [3.8, 4) is 10.4 Å². The van der Waals surface area contributed by atoms with E-state index in [-0.39, 0.29) is 25.5 Å². The second-order valence-corrected chi connectivity index (χ2v) is 9.42. The first-order valence-electron chi connectivity index (χ1n) is 7.28. The first-order valence-corrected chi connectivity index (χ1v) is 10.7. The van der Waals surface area contributed by atoms with Crippen LogP contribution in [0.3, 0.4) is 0 Å². The summed E-state index contributed by atoms with van der Waals surface area (Å²) in [5.41, 5.74) is 0.664. The van der Waals surface area contributed by atoms with Gasteiger partial charge in [-0.05, 0) is 42.0 Å². The molecule has 5 nitrogen and oxygen atoms in total. The molecule has 0 saturated heterocycles. The SMILES string of the molecule is O=C(O)c1sc(-c2ccc(Cl)cc2)cc1NS(=O)(=O)c1cc(Cl)cc(Cl)c1. The molecule has 3 rings (SSSR count). The normalized spacial score (nSPS) is 11.4. The highest BCUT2D eigenvalue weighted by Crippen LogP contribution is 2.36. The summed E-state index contributed by atoms with van der Waals surface area (Å²) in [6, 6.07) is 12.1. The van der Waals surface area contributed by atoms with Gasteiger partial charge < -0.3 is 5.11 Å². The van der Waals surface area contributed by atoms with Gasteiger partial charge in [0, 0.05) is 19.9 Å². The van der Waals surface area contributed by atoms with Crippen LogP contribution >= 0.6 is 46.1 Å². The van der Waals surface area contributed by atoms with Crippen molar-refractivity contribution < 1.29 is 18.3 Å². The second-order valence-electron chi connectivity index (χ2n) is 5.38. The molecule has 0 bridgehead atoms. The van der Waals surface area contributed by atoms with Gasteiger partial charge in [-0.2, -0.15) is 0 Å². The van der Waals surface area contributed by atoms with Crippen LogP contribution in [0.1, 0.15) is 9.67 Å². The molecule has 0 aliphatic heterocycles. The van der Waals surface area contributed by atoms with E-state index in [0.717, 1.165) is 11.3 Å². The molecule has 10 heteroatoms. The molecule has 2 N–H and O–H groups in total. The van der Waals surface area contributed by atoms with Gasteiger partial charge in [-0.1, -0.05) is 46.9 Å². The molecule has 140 valence electrons. The van der Waals surface area contributed by atoms with Gasteiger partial charge >= 0.3 is 5.97 Å². The number of hydrogen-bond donors (Lipinski definition) is 2. The van der Waals surface area contributed by atoms with Crippen molar-refractivity contribution in [2.45, 2.75) is 4.90 Å². The molecule has 3 aromatic rings. The van der Waals surface area contributed by atoms with Crippen LogP contribution in [0.2, 0.25) is 15.1 Å². The van der Waals surface area contributed by atoms with Gasteiger partial charge in [0.25, 0.3) is 10.0 Å². The molecule has 27 heavy (non-hydrogen) atoms. The van der Waals surface area contributed by atoms with E-state index < -0.39 is 16.0 Å². The first kappa shape index (κ1) is 20.0. The average Bonchev–Trinajstić information content (AvgIpc) is 2.98. The summed E-state index contributed by atoms with van der Waals surface area (Å²) in [4.78, 5) is 11.8. The Balaban J connectivity index is 2.03. The third-order valence-electron chi connectivity index (χ3n) is 3.45. The van der Waals surface area contributed by atoms with Crippen LogP contribution in [0.25, 0.3) is 10.4 Å². The van der Waals surface area contributed by atoms with Crippen LogP contribution < -0.4 is 4.72 Å². The van der Waals surface area contributed by atoms with Gasteiger partial charge in [0.1, 0.15) is 4.88 Å². The zero-order valence-electron chi connectivity index (χ0n) is 13.2. The van der Waals surface area contributed by atoms with E-state index in [1.54, 1.807) is 24.3 Å². The standard InChI is InChI=1S/C17H10Cl3NO4S2/c18-10-3-1-9(2-4-10)15-8-14(16(26-15)17(22)23)21-27(24,25)13-6-11(19)5-12(20)7-13/h1-8,21H,(H,22,23). The summed E-state index contributed by atoms with van der Waals surface area (Å²) in [5, 5.41) is 10.3. The fraction of sp³-hybridized carbons (Fsp3) is 0. The Bertz CT molecular complexity index is 1110. The Hall–Kier alpha value is -1.77. The lowest BCUT2D eigenvalue weighted by Gasteiger charge is -2.08. The Kier molecular flexibility index (Phi) is 5.69. The highest BCUT2D eigenvalue weighted by Gasteiger charge is 2.22. The third kappa shape index (κ3) is 4.56. The van der Waals surface area contributed by atoms with Crippen LogP contribution in [0.4, 0.5) is 5.69 Å². The van der Waals surface area contributed by atoms with E-state index in [0.29, 0.717) is 15.5 Å². The topological polar surface area (TPSA) is 83.5 Å². The molecular formula is C17H10Cl3NO4S2. The lowest BCUT2D eigenvalue weighted by molar-refractivity contribution is 0.0703. The number of nitrogens with one attached hydrogen (secondary N) is 1. The van der Waals surface area contributed by atoms with Crippen LogP contribution in [0.5, 0.6) is 0 Å². The molecule has 0 spiro atoms. The fourth-order valence-corrected chi connectivity index (χ4v) is 5.21. The van der Waals surface area contributed by atoms with Gasteiger partial charge in [-0.3, -0.25) is 4.72 Å².